The van der Waals surface area contributed by atoms with Crippen LogP contribution in [0.3, 0.4) is 0 Å². The minimum absolute atomic E-state index is 0.548. The van der Waals surface area contributed by atoms with Gasteiger partial charge < -0.3 is 9.72 Å². The summed E-state index contributed by atoms with van der Waals surface area (Å²) >= 11 is 8.04. The van der Waals surface area contributed by atoms with Gasteiger partial charge in [0.15, 0.2) is 0 Å². The summed E-state index contributed by atoms with van der Waals surface area (Å²) in [4.78, 5) is 9.09. The topological polar surface area (TPSA) is 37.9 Å². The Bertz CT molecular complexity index is 762. The molecule has 0 aliphatic heterocycles. The Balaban J connectivity index is 2.49. The van der Waals surface area contributed by atoms with Gasteiger partial charge in [0.1, 0.15) is 5.03 Å². The van der Waals surface area contributed by atoms with Gasteiger partial charge in [0.2, 0.25) is 5.88 Å². The molecule has 0 aromatic carbocycles. The van der Waals surface area contributed by atoms with Crippen molar-refractivity contribution in [3.05, 3.63) is 52.6 Å². The number of fused-ring (bicyclic) bond motifs is 1. The second-order valence-corrected chi connectivity index (χ2v) is 6.25. The molecule has 0 bridgehead atoms. The van der Waals surface area contributed by atoms with Gasteiger partial charge in [-0.2, -0.15) is 0 Å². The van der Waals surface area contributed by atoms with Gasteiger partial charge >= 0.3 is 0 Å². The number of aryl methyl sites for hydroxylation is 1. The molecule has 2 heterocycles. The van der Waals surface area contributed by atoms with E-state index in [1.807, 2.05) is 38.1 Å². The van der Waals surface area contributed by atoms with E-state index >= 15 is 0 Å². The lowest BCUT2D eigenvalue weighted by Crippen LogP contribution is -1.96. The second kappa shape index (κ2) is 8.27. The van der Waals surface area contributed by atoms with E-state index in [-0.39, 0.29) is 0 Å². The zero-order chi connectivity index (χ0) is 16.8. The molecule has 2 rings (SSSR count). The van der Waals surface area contributed by atoms with Crippen LogP contribution in [0.25, 0.3) is 10.9 Å². The number of aromatic amines is 1. The first-order valence-corrected chi connectivity index (χ1v) is 8.81. The highest BCUT2D eigenvalue weighted by molar-refractivity contribution is 8.03. The third-order valence-corrected chi connectivity index (χ3v) is 4.71. The van der Waals surface area contributed by atoms with E-state index < -0.39 is 0 Å². The molecule has 3 nitrogen and oxygen atoms in total. The molecular formula is C18H21ClN2OS. The molecule has 122 valence electrons. The third-order valence-electron chi connectivity index (χ3n) is 3.27. The molecule has 0 aliphatic carbocycles. The van der Waals surface area contributed by atoms with Gasteiger partial charge in [-0.25, -0.2) is 4.98 Å². The van der Waals surface area contributed by atoms with Gasteiger partial charge in [-0.05, 0) is 32.4 Å². The SMILES string of the molecule is C=CC=CC(=CC)Sc1cc2[nH]c(CC)c(Cl)c2c(OCC)n1. The minimum atomic E-state index is 0.548. The highest BCUT2D eigenvalue weighted by atomic mass is 35.5. The van der Waals surface area contributed by atoms with E-state index in [1.54, 1.807) is 17.8 Å². The number of ether oxygens (including phenoxy) is 1. The molecule has 0 aliphatic rings. The van der Waals surface area contributed by atoms with Gasteiger partial charge in [-0.15, -0.1) is 0 Å². The molecular weight excluding hydrogens is 328 g/mol. The first-order valence-electron chi connectivity index (χ1n) is 7.61. The molecule has 23 heavy (non-hydrogen) atoms. The van der Waals surface area contributed by atoms with Crippen LogP contribution in [0, 0.1) is 0 Å². The zero-order valence-electron chi connectivity index (χ0n) is 13.6. The minimum Gasteiger partial charge on any atom is -0.477 e. The quantitative estimate of drug-likeness (QED) is 0.498. The molecule has 0 saturated heterocycles. The van der Waals surface area contributed by atoms with E-state index in [4.69, 9.17) is 16.3 Å². The summed E-state index contributed by atoms with van der Waals surface area (Å²) in [6, 6.07) is 2.01. The first kappa shape index (κ1) is 17.7. The fourth-order valence-corrected chi connectivity index (χ4v) is 3.36. The largest absolute Gasteiger partial charge is 0.477 e. The van der Waals surface area contributed by atoms with Gasteiger partial charge in [0, 0.05) is 10.6 Å². The Morgan fingerprint density at radius 3 is 2.87 bits per heavy atom. The number of H-pyrrole nitrogens is 1. The average molecular weight is 349 g/mol. The molecule has 0 atom stereocenters. The molecule has 2 aromatic rings. The first-order chi connectivity index (χ1) is 11.1. The van der Waals surface area contributed by atoms with Crippen molar-refractivity contribution in [2.45, 2.75) is 32.2 Å². The van der Waals surface area contributed by atoms with Crippen LogP contribution in [0.2, 0.25) is 5.02 Å². The Hall–Kier alpha value is -1.65. The molecule has 0 unspecified atom stereocenters. The van der Waals surface area contributed by atoms with E-state index in [0.717, 1.165) is 32.9 Å². The van der Waals surface area contributed by atoms with Crippen molar-refractivity contribution in [1.82, 2.24) is 9.97 Å². The van der Waals surface area contributed by atoms with Gasteiger partial charge in [0.05, 0.1) is 22.5 Å². The lowest BCUT2D eigenvalue weighted by atomic mass is 10.3. The van der Waals surface area contributed by atoms with Gasteiger partial charge in [-0.1, -0.05) is 55.1 Å². The number of thioether (sulfide) groups is 1. The highest BCUT2D eigenvalue weighted by Crippen LogP contribution is 2.37. The van der Waals surface area contributed by atoms with Crippen molar-refractivity contribution in [3.8, 4) is 5.88 Å². The Labute approximate surface area is 146 Å². The lowest BCUT2D eigenvalue weighted by Gasteiger charge is -2.08. The number of hydrogen-bond acceptors (Lipinski definition) is 3. The van der Waals surface area contributed by atoms with Crippen LogP contribution in [0.15, 0.2) is 46.9 Å². The van der Waals surface area contributed by atoms with E-state index in [2.05, 4.69) is 23.5 Å². The van der Waals surface area contributed by atoms with Crippen LogP contribution in [0.5, 0.6) is 5.88 Å². The predicted octanol–water partition coefficient (Wildman–Crippen LogP) is 5.92. The summed E-state index contributed by atoms with van der Waals surface area (Å²) in [6.45, 7) is 10.3. The summed E-state index contributed by atoms with van der Waals surface area (Å²) in [5.41, 5.74) is 1.96. The fraction of sp³-hybridized carbons (Fsp3) is 0.278. The van der Waals surface area contributed by atoms with Crippen molar-refractivity contribution < 1.29 is 4.74 Å². The summed E-state index contributed by atoms with van der Waals surface area (Å²) < 4.78 is 5.71. The van der Waals surface area contributed by atoms with Crippen LogP contribution in [0.4, 0.5) is 0 Å². The van der Waals surface area contributed by atoms with Crippen molar-refractivity contribution in [2.24, 2.45) is 0 Å². The molecule has 5 heteroatoms. The third kappa shape index (κ3) is 4.01. The number of rotatable bonds is 7. The maximum absolute atomic E-state index is 6.46. The Morgan fingerprint density at radius 1 is 1.48 bits per heavy atom. The van der Waals surface area contributed by atoms with Crippen LogP contribution in [-0.4, -0.2) is 16.6 Å². The van der Waals surface area contributed by atoms with Crippen LogP contribution in [-0.2, 0) is 6.42 Å². The maximum atomic E-state index is 6.46. The standard InChI is InChI=1S/C18H21ClN2OS/c1-5-9-10-12(6-2)23-15-11-14-16(18(21-15)22-8-4)17(19)13(7-3)20-14/h5-6,9-11,20H,1,7-8H2,2-4H3. The number of allylic oxidation sites excluding steroid dienone is 4. The van der Waals surface area contributed by atoms with Crippen molar-refractivity contribution >= 4 is 34.3 Å². The summed E-state index contributed by atoms with van der Waals surface area (Å²) in [5.74, 6) is 0.580. The molecule has 0 spiro atoms. The van der Waals surface area contributed by atoms with Crippen LogP contribution in [0.1, 0.15) is 26.5 Å². The summed E-state index contributed by atoms with van der Waals surface area (Å²) in [7, 11) is 0. The van der Waals surface area contributed by atoms with Gasteiger partial charge in [0.25, 0.3) is 0 Å². The van der Waals surface area contributed by atoms with E-state index in [9.17, 15) is 0 Å². The van der Waals surface area contributed by atoms with Crippen LogP contribution >= 0.6 is 23.4 Å². The number of nitrogens with one attached hydrogen (secondary N) is 1. The molecule has 1 N–H and O–H groups in total. The van der Waals surface area contributed by atoms with Crippen molar-refractivity contribution in [1.29, 1.82) is 0 Å². The monoisotopic (exact) mass is 348 g/mol. The summed E-state index contributed by atoms with van der Waals surface area (Å²) in [6.07, 6.45) is 8.54. The molecule has 2 aromatic heterocycles. The van der Waals surface area contributed by atoms with Crippen LogP contribution < -0.4 is 4.74 Å². The van der Waals surface area contributed by atoms with Crippen molar-refractivity contribution in [2.75, 3.05) is 6.61 Å². The number of hydrogen-bond donors (Lipinski definition) is 1. The number of halogens is 1. The highest BCUT2D eigenvalue weighted by Gasteiger charge is 2.16. The fourth-order valence-electron chi connectivity index (χ4n) is 2.19. The number of aromatic nitrogens is 2. The predicted molar refractivity (Wildman–Crippen MR) is 101 cm³/mol. The van der Waals surface area contributed by atoms with Gasteiger partial charge in [-0.3, -0.25) is 0 Å². The van der Waals surface area contributed by atoms with E-state index in [1.165, 1.54) is 0 Å². The molecule has 0 fully saturated rings. The summed E-state index contributed by atoms with van der Waals surface area (Å²) in [5, 5.41) is 2.43. The van der Waals surface area contributed by atoms with E-state index in [0.29, 0.717) is 17.5 Å². The molecule has 0 radical (unpaired) electrons. The smallest absolute Gasteiger partial charge is 0.225 e. The normalized spacial score (nSPS) is 12.3. The Kier molecular flexibility index (Phi) is 6.37. The zero-order valence-corrected chi connectivity index (χ0v) is 15.2. The number of pyridine rings is 1. The Morgan fingerprint density at radius 2 is 2.26 bits per heavy atom. The maximum Gasteiger partial charge on any atom is 0.225 e. The van der Waals surface area contributed by atoms with Crippen molar-refractivity contribution in [3.63, 3.8) is 0 Å². The average Bonchev–Trinajstić information content (AvgIpc) is 2.88. The molecule has 0 saturated carbocycles. The molecule has 0 amide bonds. The lowest BCUT2D eigenvalue weighted by molar-refractivity contribution is 0.329. The second-order valence-electron chi connectivity index (χ2n) is 4.78. The number of nitrogens with zero attached hydrogens (tertiary/aromatic N) is 1.